The van der Waals surface area contributed by atoms with Crippen LogP contribution in [-0.2, 0) is 0 Å². The maximum atomic E-state index is 13.1. The SMILES string of the molecule is CC(C)c1ccccc1N1CSC1=Nc1ccc2cc(C3=NC(c4ccc(OC(C)(F)F)cc4)C=N3)ccc2n1. The standard InChI is InChI=1S/C31H27F2N5OS/c1-19(2)24-6-4-5-7-27(24)38-18-40-30(38)37-28-15-11-21-16-22(10-14-25(21)35-28)29-34-17-26(36-29)20-8-12-23(13-9-20)39-31(3,32)33/h4-17,19,26H,18H2,1-3H3. The van der Waals surface area contributed by atoms with E-state index in [0.29, 0.717) is 24.5 Å². The van der Waals surface area contributed by atoms with E-state index in [2.05, 4.69) is 52.7 Å². The summed E-state index contributed by atoms with van der Waals surface area (Å²) in [4.78, 5) is 21.1. The molecule has 3 aromatic carbocycles. The van der Waals surface area contributed by atoms with Crippen molar-refractivity contribution in [1.82, 2.24) is 4.98 Å². The highest BCUT2D eigenvalue weighted by Crippen LogP contribution is 2.37. The summed E-state index contributed by atoms with van der Waals surface area (Å²) in [6, 6.07) is 24.5. The molecule has 1 unspecified atom stereocenters. The number of alkyl halides is 2. The molecule has 0 N–H and O–H groups in total. The third kappa shape index (κ3) is 5.47. The van der Waals surface area contributed by atoms with E-state index in [1.54, 1.807) is 30.1 Å². The maximum absolute atomic E-state index is 13.1. The zero-order chi connectivity index (χ0) is 27.9. The van der Waals surface area contributed by atoms with Crippen molar-refractivity contribution >= 4 is 51.4 Å². The van der Waals surface area contributed by atoms with E-state index in [0.717, 1.165) is 33.1 Å². The number of fused-ring (bicyclic) bond motifs is 1. The van der Waals surface area contributed by atoms with Gasteiger partial charge in [0.15, 0.2) is 16.8 Å². The molecular weight excluding hydrogens is 528 g/mol. The quantitative estimate of drug-likeness (QED) is 0.231. The van der Waals surface area contributed by atoms with Crippen LogP contribution < -0.4 is 9.64 Å². The number of amidine groups is 2. The lowest BCUT2D eigenvalue weighted by Gasteiger charge is -2.35. The van der Waals surface area contributed by atoms with Gasteiger partial charge in [0.25, 0.3) is 0 Å². The first-order chi connectivity index (χ1) is 19.2. The third-order valence-corrected chi connectivity index (χ3v) is 7.62. The van der Waals surface area contributed by atoms with Crippen LogP contribution in [-0.4, -0.2) is 34.2 Å². The second-order valence-corrected chi connectivity index (χ2v) is 11.0. The van der Waals surface area contributed by atoms with Crippen molar-refractivity contribution in [3.8, 4) is 5.75 Å². The lowest BCUT2D eigenvalue weighted by molar-refractivity contribution is -0.158. The monoisotopic (exact) mass is 555 g/mol. The summed E-state index contributed by atoms with van der Waals surface area (Å²) in [5.74, 6) is 2.68. The van der Waals surface area contributed by atoms with Crippen molar-refractivity contribution < 1.29 is 13.5 Å². The molecule has 9 heteroatoms. The predicted molar refractivity (Wildman–Crippen MR) is 160 cm³/mol. The highest BCUT2D eigenvalue weighted by molar-refractivity contribution is 8.16. The first-order valence-electron chi connectivity index (χ1n) is 13.0. The van der Waals surface area contributed by atoms with E-state index < -0.39 is 6.11 Å². The van der Waals surface area contributed by atoms with Gasteiger partial charge in [0.05, 0.1) is 11.4 Å². The van der Waals surface area contributed by atoms with Gasteiger partial charge in [-0.3, -0.25) is 4.99 Å². The molecule has 1 fully saturated rings. The van der Waals surface area contributed by atoms with Gasteiger partial charge in [0, 0.05) is 29.8 Å². The molecule has 6 rings (SSSR count). The van der Waals surface area contributed by atoms with E-state index in [4.69, 9.17) is 15.0 Å². The number of rotatable bonds is 7. The second-order valence-electron chi connectivity index (χ2n) is 10.0. The third-order valence-electron chi connectivity index (χ3n) is 6.66. The molecule has 202 valence electrons. The summed E-state index contributed by atoms with van der Waals surface area (Å²) in [6.07, 6.45) is -1.47. The Labute approximate surface area is 235 Å². The number of ether oxygens (including phenoxy) is 1. The molecule has 1 saturated heterocycles. The molecule has 40 heavy (non-hydrogen) atoms. The molecule has 1 atom stereocenters. The van der Waals surface area contributed by atoms with E-state index in [-0.39, 0.29) is 11.8 Å². The number of hydrogen-bond acceptors (Lipinski definition) is 6. The lowest BCUT2D eigenvalue weighted by Crippen LogP contribution is -2.39. The minimum Gasteiger partial charge on any atom is -0.433 e. The summed E-state index contributed by atoms with van der Waals surface area (Å²) in [5.41, 5.74) is 5.07. The van der Waals surface area contributed by atoms with Crippen LogP contribution in [0.5, 0.6) is 5.75 Å². The minimum atomic E-state index is -3.23. The first-order valence-corrected chi connectivity index (χ1v) is 14.0. The van der Waals surface area contributed by atoms with Crippen LogP contribution in [0.1, 0.15) is 49.4 Å². The smallest absolute Gasteiger partial charge is 0.394 e. The Hall–Kier alpha value is -4.11. The van der Waals surface area contributed by atoms with Gasteiger partial charge in [-0.2, -0.15) is 8.78 Å². The van der Waals surface area contributed by atoms with E-state index in [1.807, 2.05) is 30.3 Å². The van der Waals surface area contributed by atoms with Crippen LogP contribution in [0.15, 0.2) is 93.8 Å². The summed E-state index contributed by atoms with van der Waals surface area (Å²) in [7, 11) is 0. The van der Waals surface area contributed by atoms with E-state index >= 15 is 0 Å². The van der Waals surface area contributed by atoms with Gasteiger partial charge in [0.1, 0.15) is 11.8 Å². The molecule has 0 amide bonds. The van der Waals surface area contributed by atoms with Gasteiger partial charge >= 0.3 is 6.11 Å². The minimum absolute atomic E-state index is 0.103. The molecule has 0 spiro atoms. The molecule has 3 heterocycles. The number of nitrogens with zero attached hydrogens (tertiary/aromatic N) is 5. The van der Waals surface area contributed by atoms with Gasteiger partial charge in [-0.15, -0.1) is 0 Å². The largest absolute Gasteiger partial charge is 0.433 e. The Morgan fingerprint density at radius 1 is 1.02 bits per heavy atom. The maximum Gasteiger partial charge on any atom is 0.394 e. The van der Waals surface area contributed by atoms with Crippen LogP contribution in [0.4, 0.5) is 20.3 Å². The topological polar surface area (TPSA) is 62.4 Å². The molecule has 0 aliphatic carbocycles. The number of aromatic nitrogens is 1. The van der Waals surface area contributed by atoms with Crippen LogP contribution in [0.3, 0.4) is 0 Å². The normalized spacial score (nSPS) is 17.9. The van der Waals surface area contributed by atoms with Gasteiger partial charge in [-0.05, 0) is 65.6 Å². The van der Waals surface area contributed by atoms with Gasteiger partial charge < -0.3 is 9.64 Å². The summed E-state index contributed by atoms with van der Waals surface area (Å²) >= 11 is 1.71. The zero-order valence-corrected chi connectivity index (χ0v) is 23.1. The highest BCUT2D eigenvalue weighted by atomic mass is 32.2. The fourth-order valence-corrected chi connectivity index (χ4v) is 5.45. The predicted octanol–water partition coefficient (Wildman–Crippen LogP) is 8.12. The fourth-order valence-electron chi connectivity index (χ4n) is 4.68. The van der Waals surface area contributed by atoms with Crippen LogP contribution in [0.2, 0.25) is 0 Å². The van der Waals surface area contributed by atoms with Gasteiger partial charge in [-0.25, -0.2) is 15.0 Å². The number of thioether (sulfide) groups is 1. The number of anilines is 1. The van der Waals surface area contributed by atoms with Crippen molar-refractivity contribution in [3.63, 3.8) is 0 Å². The zero-order valence-electron chi connectivity index (χ0n) is 22.3. The van der Waals surface area contributed by atoms with Crippen LogP contribution in [0, 0.1) is 0 Å². The van der Waals surface area contributed by atoms with Crippen molar-refractivity contribution in [3.05, 3.63) is 95.6 Å². The molecule has 4 aromatic rings. The molecule has 0 bridgehead atoms. The number of para-hydroxylation sites is 1. The highest BCUT2D eigenvalue weighted by Gasteiger charge is 2.27. The number of pyridine rings is 1. The van der Waals surface area contributed by atoms with Crippen LogP contribution in [0.25, 0.3) is 10.9 Å². The first kappa shape index (κ1) is 26.1. The molecule has 1 aromatic heterocycles. The van der Waals surface area contributed by atoms with Crippen LogP contribution >= 0.6 is 11.8 Å². The summed E-state index contributed by atoms with van der Waals surface area (Å²) in [6.45, 7) is 5.12. The molecular formula is C31H27F2N5OS. The fraction of sp³-hybridized carbons (Fsp3) is 0.226. The van der Waals surface area contributed by atoms with Crippen molar-refractivity contribution in [2.75, 3.05) is 10.8 Å². The Balaban J connectivity index is 1.19. The number of hydrogen-bond donors (Lipinski definition) is 0. The molecule has 0 radical (unpaired) electrons. The Morgan fingerprint density at radius 3 is 2.55 bits per heavy atom. The average Bonchev–Trinajstić information content (AvgIpc) is 3.41. The van der Waals surface area contributed by atoms with E-state index in [1.165, 1.54) is 23.4 Å². The Morgan fingerprint density at radius 2 is 1.82 bits per heavy atom. The average molecular weight is 556 g/mol. The molecule has 0 saturated carbocycles. The molecule has 2 aliphatic rings. The van der Waals surface area contributed by atoms with Crippen molar-refractivity contribution in [2.45, 2.75) is 38.8 Å². The van der Waals surface area contributed by atoms with Crippen molar-refractivity contribution in [2.24, 2.45) is 15.0 Å². The number of benzene rings is 3. The lowest BCUT2D eigenvalue weighted by atomic mass is 10.0. The van der Waals surface area contributed by atoms with Gasteiger partial charge in [0.2, 0.25) is 0 Å². The van der Waals surface area contributed by atoms with Gasteiger partial charge in [-0.1, -0.05) is 55.9 Å². The molecule has 2 aliphatic heterocycles. The number of aliphatic imine (C=N–C) groups is 3. The second kappa shape index (κ2) is 10.5. The Kier molecular flexibility index (Phi) is 6.83. The Bertz CT molecular complexity index is 1660. The van der Waals surface area contributed by atoms with Crippen molar-refractivity contribution in [1.29, 1.82) is 0 Å². The summed E-state index contributed by atoms with van der Waals surface area (Å²) < 4.78 is 30.8. The van der Waals surface area contributed by atoms with E-state index in [9.17, 15) is 8.78 Å². The number of halogens is 2. The molecule has 6 nitrogen and oxygen atoms in total. The summed E-state index contributed by atoms with van der Waals surface area (Å²) in [5, 5.41) is 1.91.